The quantitative estimate of drug-likeness (QED) is 0.872. The van der Waals surface area contributed by atoms with Crippen molar-refractivity contribution >= 4 is 5.91 Å². The Balaban J connectivity index is 2.15. The second kappa shape index (κ2) is 6.35. The molecule has 1 aromatic rings. The van der Waals surface area contributed by atoms with Crippen molar-refractivity contribution in [3.63, 3.8) is 0 Å². The molecular formula is C16H24N2O3. The van der Waals surface area contributed by atoms with Crippen LogP contribution >= 0.6 is 0 Å². The van der Waals surface area contributed by atoms with Crippen molar-refractivity contribution in [2.24, 2.45) is 5.73 Å². The lowest BCUT2D eigenvalue weighted by molar-refractivity contribution is -0.126. The van der Waals surface area contributed by atoms with Crippen LogP contribution in [0.25, 0.3) is 0 Å². The predicted octanol–water partition coefficient (Wildman–Crippen LogP) is 2.15. The summed E-state index contributed by atoms with van der Waals surface area (Å²) in [5.41, 5.74) is 6.35. The van der Waals surface area contributed by atoms with Crippen molar-refractivity contribution in [2.45, 2.75) is 44.2 Å². The van der Waals surface area contributed by atoms with E-state index in [1.165, 1.54) is 0 Å². The summed E-state index contributed by atoms with van der Waals surface area (Å²) in [5, 5.41) is 3.01. The van der Waals surface area contributed by atoms with Gasteiger partial charge in [-0.25, -0.2) is 0 Å². The van der Waals surface area contributed by atoms with Crippen LogP contribution < -0.4 is 20.5 Å². The fourth-order valence-corrected chi connectivity index (χ4v) is 2.83. The molecule has 0 spiro atoms. The van der Waals surface area contributed by atoms with E-state index in [1.54, 1.807) is 14.2 Å². The van der Waals surface area contributed by atoms with Crippen LogP contribution in [-0.2, 0) is 4.79 Å². The average molecular weight is 292 g/mol. The van der Waals surface area contributed by atoms with Gasteiger partial charge in [-0.05, 0) is 38.0 Å². The summed E-state index contributed by atoms with van der Waals surface area (Å²) in [6, 6.07) is 5.35. The van der Waals surface area contributed by atoms with Gasteiger partial charge in [0.2, 0.25) is 5.91 Å². The predicted molar refractivity (Wildman–Crippen MR) is 81.5 cm³/mol. The second-order valence-corrected chi connectivity index (χ2v) is 5.67. The number of hydrogen-bond donors (Lipinski definition) is 2. The van der Waals surface area contributed by atoms with Crippen LogP contribution in [0.1, 0.15) is 44.2 Å². The minimum atomic E-state index is -0.722. The molecule has 21 heavy (non-hydrogen) atoms. The summed E-state index contributed by atoms with van der Waals surface area (Å²) in [6.45, 7) is 1.92. The maximum atomic E-state index is 12.4. The molecule has 0 heterocycles. The maximum absolute atomic E-state index is 12.4. The molecule has 2 rings (SSSR count). The molecule has 0 aliphatic heterocycles. The molecule has 1 amide bonds. The number of carbonyl (C=O) groups excluding carboxylic acids is 1. The smallest absolute Gasteiger partial charge is 0.240 e. The van der Waals surface area contributed by atoms with Crippen LogP contribution in [-0.4, -0.2) is 25.7 Å². The molecule has 1 atom stereocenters. The monoisotopic (exact) mass is 292 g/mol. The minimum Gasteiger partial charge on any atom is -0.497 e. The zero-order valence-corrected chi connectivity index (χ0v) is 12.9. The topological polar surface area (TPSA) is 73.6 Å². The normalized spacial score (nSPS) is 18.1. The molecule has 5 heteroatoms. The van der Waals surface area contributed by atoms with Gasteiger partial charge in [0.05, 0.1) is 25.8 Å². The first-order chi connectivity index (χ1) is 10.00. The van der Waals surface area contributed by atoms with Gasteiger partial charge in [-0.2, -0.15) is 0 Å². The third-order valence-electron chi connectivity index (χ3n) is 4.20. The highest BCUT2D eigenvalue weighted by Gasteiger charge is 2.37. The Bertz CT molecular complexity index is 510. The molecule has 116 valence electrons. The summed E-state index contributed by atoms with van der Waals surface area (Å²) in [6.07, 6.45) is 3.53. The number of ether oxygens (including phenoxy) is 2. The van der Waals surface area contributed by atoms with Gasteiger partial charge in [-0.15, -0.1) is 0 Å². The van der Waals surface area contributed by atoms with Gasteiger partial charge < -0.3 is 20.5 Å². The van der Waals surface area contributed by atoms with E-state index in [1.807, 2.05) is 25.1 Å². The number of hydrogen-bond acceptors (Lipinski definition) is 4. The number of amides is 1. The van der Waals surface area contributed by atoms with E-state index >= 15 is 0 Å². The van der Waals surface area contributed by atoms with E-state index in [0.717, 1.165) is 42.7 Å². The lowest BCUT2D eigenvalue weighted by atomic mass is 9.97. The summed E-state index contributed by atoms with van der Waals surface area (Å²) < 4.78 is 10.6. The van der Waals surface area contributed by atoms with Crippen molar-refractivity contribution in [2.75, 3.05) is 14.2 Å². The summed E-state index contributed by atoms with van der Waals surface area (Å²) >= 11 is 0. The zero-order valence-electron chi connectivity index (χ0n) is 12.9. The highest BCUT2D eigenvalue weighted by atomic mass is 16.5. The van der Waals surface area contributed by atoms with Crippen LogP contribution in [0.5, 0.6) is 11.5 Å². The van der Waals surface area contributed by atoms with E-state index in [4.69, 9.17) is 15.2 Å². The van der Waals surface area contributed by atoms with E-state index in [9.17, 15) is 4.79 Å². The van der Waals surface area contributed by atoms with Crippen molar-refractivity contribution in [1.29, 1.82) is 0 Å². The number of rotatable bonds is 5. The van der Waals surface area contributed by atoms with E-state index in [-0.39, 0.29) is 11.9 Å². The first-order valence-corrected chi connectivity index (χ1v) is 7.32. The van der Waals surface area contributed by atoms with Crippen molar-refractivity contribution in [3.8, 4) is 11.5 Å². The number of benzene rings is 1. The second-order valence-electron chi connectivity index (χ2n) is 5.67. The van der Waals surface area contributed by atoms with Gasteiger partial charge in [0, 0.05) is 5.56 Å². The summed E-state index contributed by atoms with van der Waals surface area (Å²) in [7, 11) is 3.23. The molecule has 0 aromatic heterocycles. The fourth-order valence-electron chi connectivity index (χ4n) is 2.83. The molecule has 5 nitrogen and oxygen atoms in total. The van der Waals surface area contributed by atoms with Gasteiger partial charge >= 0.3 is 0 Å². The Labute approximate surface area is 125 Å². The van der Waals surface area contributed by atoms with Crippen LogP contribution in [0, 0.1) is 0 Å². The summed E-state index contributed by atoms with van der Waals surface area (Å²) in [4.78, 5) is 12.4. The Morgan fingerprint density at radius 2 is 1.95 bits per heavy atom. The molecule has 3 N–H and O–H groups in total. The van der Waals surface area contributed by atoms with Crippen LogP contribution in [0.4, 0.5) is 0 Å². The maximum Gasteiger partial charge on any atom is 0.240 e. The van der Waals surface area contributed by atoms with Crippen molar-refractivity contribution in [1.82, 2.24) is 5.32 Å². The third-order valence-corrected chi connectivity index (χ3v) is 4.20. The lowest BCUT2D eigenvalue weighted by Gasteiger charge is -2.26. The molecule has 0 bridgehead atoms. The van der Waals surface area contributed by atoms with Crippen LogP contribution in [0.2, 0.25) is 0 Å². The van der Waals surface area contributed by atoms with Gasteiger partial charge in [-0.3, -0.25) is 4.79 Å². The number of carbonyl (C=O) groups is 1. The van der Waals surface area contributed by atoms with Gasteiger partial charge in [0.25, 0.3) is 0 Å². The number of methoxy groups -OCH3 is 2. The number of nitrogens with one attached hydrogen (secondary N) is 1. The highest BCUT2D eigenvalue weighted by molar-refractivity contribution is 5.86. The van der Waals surface area contributed by atoms with Crippen molar-refractivity contribution < 1.29 is 14.3 Å². The first kappa shape index (κ1) is 15.6. The van der Waals surface area contributed by atoms with E-state index < -0.39 is 5.54 Å². The largest absolute Gasteiger partial charge is 0.497 e. The van der Waals surface area contributed by atoms with E-state index in [2.05, 4.69) is 5.32 Å². The van der Waals surface area contributed by atoms with Gasteiger partial charge in [0.1, 0.15) is 11.5 Å². The Morgan fingerprint density at radius 3 is 2.52 bits per heavy atom. The Morgan fingerprint density at radius 1 is 1.29 bits per heavy atom. The Hall–Kier alpha value is -1.75. The zero-order chi connectivity index (χ0) is 15.5. The first-order valence-electron chi connectivity index (χ1n) is 7.32. The van der Waals surface area contributed by atoms with Gasteiger partial charge in [-0.1, -0.05) is 12.8 Å². The third kappa shape index (κ3) is 3.29. The fraction of sp³-hybridized carbons (Fsp3) is 0.562. The molecule has 1 saturated carbocycles. The van der Waals surface area contributed by atoms with Crippen LogP contribution in [0.3, 0.4) is 0 Å². The molecule has 0 radical (unpaired) electrons. The lowest BCUT2D eigenvalue weighted by Crippen LogP contribution is -2.52. The molecule has 1 aliphatic carbocycles. The van der Waals surface area contributed by atoms with Crippen molar-refractivity contribution in [3.05, 3.63) is 23.8 Å². The average Bonchev–Trinajstić information content (AvgIpc) is 2.94. The molecular weight excluding hydrogens is 268 g/mol. The molecule has 0 saturated heterocycles. The minimum absolute atomic E-state index is 0.0858. The number of nitrogens with two attached hydrogens (primary N) is 1. The highest BCUT2D eigenvalue weighted by Crippen LogP contribution is 2.31. The summed E-state index contributed by atoms with van der Waals surface area (Å²) in [5.74, 6) is 1.37. The van der Waals surface area contributed by atoms with Gasteiger partial charge in [0.15, 0.2) is 0 Å². The van der Waals surface area contributed by atoms with E-state index in [0.29, 0.717) is 0 Å². The molecule has 1 aliphatic rings. The SMILES string of the molecule is COc1ccc(OC)c(C(C)NC(=O)C2(N)CCCC2)c1. The standard InChI is InChI=1S/C16H24N2O3/c1-11(18-15(19)16(17)8-4-5-9-16)13-10-12(20-2)6-7-14(13)21-3/h6-7,10-11H,4-5,8-9,17H2,1-3H3,(H,18,19). The van der Waals surface area contributed by atoms with Crippen LogP contribution in [0.15, 0.2) is 18.2 Å². The molecule has 1 fully saturated rings. The molecule has 1 aromatic carbocycles. The Kier molecular flexibility index (Phi) is 4.73. The molecule has 1 unspecified atom stereocenters.